The first-order chi connectivity index (χ1) is 15.0. The van der Waals surface area contributed by atoms with E-state index in [1.807, 2.05) is 17.5 Å². The molecule has 1 atom stereocenters. The van der Waals surface area contributed by atoms with E-state index in [-0.39, 0.29) is 11.7 Å². The van der Waals surface area contributed by atoms with Crippen LogP contribution in [0.15, 0.2) is 60.0 Å². The number of amides is 2. The van der Waals surface area contributed by atoms with Gasteiger partial charge in [-0.2, -0.15) is 0 Å². The number of anilines is 1. The summed E-state index contributed by atoms with van der Waals surface area (Å²) in [7, 11) is 0. The zero-order valence-electron chi connectivity index (χ0n) is 17.2. The molecule has 1 aliphatic heterocycles. The SMILES string of the molecule is Cc1ccc(NC(=O)C(=O)NC[C@H](c2cccs2)N2CCc3ccccc3C2)cc1F. The van der Waals surface area contributed by atoms with Crippen molar-refractivity contribution in [3.05, 3.63) is 87.4 Å². The summed E-state index contributed by atoms with van der Waals surface area (Å²) in [6.45, 7) is 3.63. The number of thiophene rings is 1. The standard InChI is InChI=1S/C24H24FN3O2S/c1-16-8-9-19(13-20(16)25)27-24(30)23(29)26-14-21(22-7-4-12-31-22)28-11-10-17-5-2-3-6-18(17)15-28/h2-9,12-13,21H,10-11,14-15H2,1H3,(H,26,29)(H,27,30)/t21-/m1/s1. The minimum Gasteiger partial charge on any atom is -0.346 e. The van der Waals surface area contributed by atoms with Gasteiger partial charge in [0.25, 0.3) is 0 Å². The van der Waals surface area contributed by atoms with Gasteiger partial charge in [-0.15, -0.1) is 11.3 Å². The second-order valence-electron chi connectivity index (χ2n) is 7.65. The van der Waals surface area contributed by atoms with E-state index in [0.717, 1.165) is 24.4 Å². The van der Waals surface area contributed by atoms with Gasteiger partial charge in [0.1, 0.15) is 5.82 Å². The summed E-state index contributed by atoms with van der Waals surface area (Å²) in [4.78, 5) is 28.2. The highest BCUT2D eigenvalue weighted by Crippen LogP contribution is 2.30. The predicted octanol–water partition coefficient (Wildman–Crippen LogP) is 4.05. The van der Waals surface area contributed by atoms with Gasteiger partial charge in [0.15, 0.2) is 0 Å². The lowest BCUT2D eigenvalue weighted by atomic mass is 9.98. The molecular formula is C24H24FN3O2S. The van der Waals surface area contributed by atoms with Crippen LogP contribution < -0.4 is 10.6 Å². The van der Waals surface area contributed by atoms with Gasteiger partial charge in [0.2, 0.25) is 0 Å². The van der Waals surface area contributed by atoms with Gasteiger partial charge in [-0.3, -0.25) is 14.5 Å². The van der Waals surface area contributed by atoms with E-state index in [1.54, 1.807) is 30.4 Å². The molecule has 1 aromatic heterocycles. The maximum absolute atomic E-state index is 13.7. The fraction of sp³-hybridized carbons (Fsp3) is 0.250. The molecule has 0 unspecified atom stereocenters. The smallest absolute Gasteiger partial charge is 0.313 e. The molecule has 5 nitrogen and oxygen atoms in total. The second-order valence-corrected chi connectivity index (χ2v) is 8.63. The molecule has 0 spiro atoms. The highest BCUT2D eigenvalue weighted by Gasteiger charge is 2.26. The van der Waals surface area contributed by atoms with E-state index in [0.29, 0.717) is 12.1 Å². The first kappa shape index (κ1) is 21.2. The third-order valence-electron chi connectivity index (χ3n) is 5.56. The molecule has 2 heterocycles. The molecule has 0 saturated heterocycles. The van der Waals surface area contributed by atoms with Crippen LogP contribution in [0, 0.1) is 12.7 Å². The van der Waals surface area contributed by atoms with Crippen LogP contribution in [-0.2, 0) is 22.6 Å². The summed E-state index contributed by atoms with van der Waals surface area (Å²) in [5, 5.41) is 7.23. The van der Waals surface area contributed by atoms with E-state index >= 15 is 0 Å². The topological polar surface area (TPSA) is 61.4 Å². The summed E-state index contributed by atoms with van der Waals surface area (Å²) in [6, 6.07) is 16.8. The van der Waals surface area contributed by atoms with E-state index in [1.165, 1.54) is 17.2 Å². The molecule has 4 rings (SSSR count). The summed E-state index contributed by atoms with van der Waals surface area (Å²) in [5.41, 5.74) is 3.38. The number of hydrogen-bond acceptors (Lipinski definition) is 4. The van der Waals surface area contributed by atoms with Crippen molar-refractivity contribution in [3.8, 4) is 0 Å². The lowest BCUT2D eigenvalue weighted by Crippen LogP contribution is -2.43. The Morgan fingerprint density at radius 2 is 1.90 bits per heavy atom. The summed E-state index contributed by atoms with van der Waals surface area (Å²) < 4.78 is 13.7. The number of nitrogens with one attached hydrogen (secondary N) is 2. The highest BCUT2D eigenvalue weighted by atomic mass is 32.1. The molecule has 0 fully saturated rings. The van der Waals surface area contributed by atoms with Crippen molar-refractivity contribution in [2.75, 3.05) is 18.4 Å². The average Bonchev–Trinajstić information content (AvgIpc) is 3.31. The van der Waals surface area contributed by atoms with Crippen molar-refractivity contribution in [1.82, 2.24) is 10.2 Å². The van der Waals surface area contributed by atoms with Gasteiger partial charge in [-0.1, -0.05) is 36.4 Å². The van der Waals surface area contributed by atoms with Crippen molar-refractivity contribution < 1.29 is 14.0 Å². The number of carbonyl (C=O) groups excluding carboxylic acids is 2. The lowest BCUT2D eigenvalue weighted by molar-refractivity contribution is -0.136. The van der Waals surface area contributed by atoms with Crippen molar-refractivity contribution >= 4 is 28.8 Å². The largest absolute Gasteiger partial charge is 0.346 e. The Bertz CT molecular complexity index is 1080. The third kappa shape index (κ3) is 5.00. The van der Waals surface area contributed by atoms with Crippen LogP contribution in [0.5, 0.6) is 0 Å². The number of carbonyl (C=O) groups is 2. The minimum atomic E-state index is -0.808. The van der Waals surface area contributed by atoms with Gasteiger partial charge in [0, 0.05) is 30.2 Å². The summed E-state index contributed by atoms with van der Waals surface area (Å²) in [5.74, 6) is -1.97. The van der Waals surface area contributed by atoms with Gasteiger partial charge in [-0.05, 0) is 53.6 Å². The molecule has 7 heteroatoms. The number of fused-ring (bicyclic) bond motifs is 1. The van der Waals surface area contributed by atoms with Gasteiger partial charge in [0.05, 0.1) is 6.04 Å². The van der Waals surface area contributed by atoms with E-state index in [2.05, 4.69) is 39.8 Å². The molecule has 0 saturated carbocycles. The molecule has 1 aliphatic rings. The average molecular weight is 438 g/mol. The molecule has 0 bridgehead atoms. The molecule has 2 aromatic carbocycles. The van der Waals surface area contributed by atoms with Crippen LogP contribution in [-0.4, -0.2) is 29.8 Å². The van der Waals surface area contributed by atoms with Crippen molar-refractivity contribution in [1.29, 1.82) is 0 Å². The van der Waals surface area contributed by atoms with E-state index in [9.17, 15) is 14.0 Å². The predicted molar refractivity (Wildman–Crippen MR) is 120 cm³/mol. The molecule has 0 radical (unpaired) electrons. The number of nitrogens with zero attached hydrogens (tertiary/aromatic N) is 1. The Balaban J connectivity index is 1.41. The zero-order valence-corrected chi connectivity index (χ0v) is 18.0. The Morgan fingerprint density at radius 3 is 2.65 bits per heavy atom. The van der Waals surface area contributed by atoms with Gasteiger partial charge < -0.3 is 10.6 Å². The van der Waals surface area contributed by atoms with Crippen LogP contribution in [0.25, 0.3) is 0 Å². The Morgan fingerprint density at radius 1 is 1.10 bits per heavy atom. The fourth-order valence-electron chi connectivity index (χ4n) is 3.80. The van der Waals surface area contributed by atoms with Crippen LogP contribution in [0.3, 0.4) is 0 Å². The third-order valence-corrected chi connectivity index (χ3v) is 6.54. The highest BCUT2D eigenvalue weighted by molar-refractivity contribution is 7.10. The normalized spacial score (nSPS) is 14.5. The van der Waals surface area contributed by atoms with Crippen molar-refractivity contribution in [2.24, 2.45) is 0 Å². The first-order valence-corrected chi connectivity index (χ1v) is 11.1. The van der Waals surface area contributed by atoms with Crippen LogP contribution >= 0.6 is 11.3 Å². The number of aryl methyl sites for hydroxylation is 1. The number of hydrogen-bond donors (Lipinski definition) is 2. The Hall–Kier alpha value is -3.03. The van der Waals surface area contributed by atoms with Crippen molar-refractivity contribution in [2.45, 2.75) is 25.9 Å². The fourth-order valence-corrected chi connectivity index (χ4v) is 4.66. The molecule has 160 valence electrons. The molecule has 3 aromatic rings. The maximum Gasteiger partial charge on any atom is 0.313 e. The first-order valence-electron chi connectivity index (χ1n) is 10.2. The van der Waals surface area contributed by atoms with Gasteiger partial charge in [-0.25, -0.2) is 4.39 Å². The Kier molecular flexibility index (Phi) is 6.44. The zero-order chi connectivity index (χ0) is 21.8. The molecular weight excluding hydrogens is 413 g/mol. The molecule has 2 amide bonds. The van der Waals surface area contributed by atoms with Crippen LogP contribution in [0.4, 0.5) is 10.1 Å². The number of benzene rings is 2. The summed E-state index contributed by atoms with van der Waals surface area (Å²) >= 11 is 1.64. The summed E-state index contributed by atoms with van der Waals surface area (Å²) in [6.07, 6.45) is 0.950. The van der Waals surface area contributed by atoms with Crippen LogP contribution in [0.2, 0.25) is 0 Å². The lowest BCUT2D eigenvalue weighted by Gasteiger charge is -2.35. The number of rotatable bonds is 5. The van der Waals surface area contributed by atoms with Gasteiger partial charge >= 0.3 is 11.8 Å². The maximum atomic E-state index is 13.7. The molecule has 0 aliphatic carbocycles. The Labute approximate surface area is 184 Å². The van der Waals surface area contributed by atoms with Crippen molar-refractivity contribution in [3.63, 3.8) is 0 Å². The minimum absolute atomic E-state index is 0.0260. The quantitative estimate of drug-likeness (QED) is 0.592. The monoisotopic (exact) mass is 437 g/mol. The van der Waals surface area contributed by atoms with Crippen LogP contribution in [0.1, 0.15) is 27.6 Å². The molecule has 31 heavy (non-hydrogen) atoms. The second kappa shape index (κ2) is 9.41. The molecule has 2 N–H and O–H groups in total. The van der Waals surface area contributed by atoms with E-state index in [4.69, 9.17) is 0 Å². The van der Waals surface area contributed by atoms with E-state index < -0.39 is 17.6 Å². The number of halogens is 1.